The summed E-state index contributed by atoms with van der Waals surface area (Å²) in [7, 11) is 1.39. The smallest absolute Gasteiger partial charge is 0.319 e. The first-order chi connectivity index (χ1) is 5.83. The third-order valence-electron chi connectivity index (χ3n) is 1.89. The van der Waals surface area contributed by atoms with Crippen molar-refractivity contribution in [2.45, 2.75) is 18.9 Å². The first-order valence-corrected chi connectivity index (χ1v) is 4.22. The van der Waals surface area contributed by atoms with E-state index < -0.39 is 0 Å². The first-order valence-electron chi connectivity index (χ1n) is 4.22. The van der Waals surface area contributed by atoms with Crippen LogP contribution in [0.1, 0.15) is 12.8 Å². The van der Waals surface area contributed by atoms with E-state index >= 15 is 0 Å². The summed E-state index contributed by atoms with van der Waals surface area (Å²) in [6, 6.07) is 0. The molecule has 12 heavy (non-hydrogen) atoms. The predicted octanol–water partition coefficient (Wildman–Crippen LogP) is -0.0720. The number of hydrogen-bond donors (Lipinski definition) is 1. The van der Waals surface area contributed by atoms with E-state index in [1.165, 1.54) is 7.11 Å². The van der Waals surface area contributed by atoms with E-state index in [0.717, 1.165) is 26.0 Å². The minimum absolute atomic E-state index is 0.229. The molecule has 0 radical (unpaired) electrons. The Morgan fingerprint density at radius 3 is 3.17 bits per heavy atom. The minimum Gasteiger partial charge on any atom is -0.468 e. The fourth-order valence-electron chi connectivity index (χ4n) is 1.21. The van der Waals surface area contributed by atoms with Crippen LogP contribution in [-0.2, 0) is 14.3 Å². The zero-order valence-electron chi connectivity index (χ0n) is 7.34. The van der Waals surface area contributed by atoms with Gasteiger partial charge in [0.2, 0.25) is 0 Å². The number of nitrogens with one attached hydrogen (secondary N) is 1. The number of hydrogen-bond acceptors (Lipinski definition) is 4. The molecule has 1 aliphatic heterocycles. The van der Waals surface area contributed by atoms with Crippen LogP contribution in [0, 0.1) is 0 Å². The van der Waals surface area contributed by atoms with Crippen LogP contribution in [0.4, 0.5) is 0 Å². The van der Waals surface area contributed by atoms with Crippen LogP contribution in [0.2, 0.25) is 0 Å². The summed E-state index contributed by atoms with van der Waals surface area (Å²) in [4.78, 5) is 10.7. The highest BCUT2D eigenvalue weighted by Crippen LogP contribution is 2.10. The molecule has 1 N–H and O–H groups in total. The van der Waals surface area contributed by atoms with Crippen molar-refractivity contribution in [3.63, 3.8) is 0 Å². The number of carbonyl (C=O) groups is 1. The highest BCUT2D eigenvalue weighted by molar-refractivity contribution is 5.71. The fraction of sp³-hybridized carbons (Fsp3) is 0.875. The molecule has 0 aromatic heterocycles. The predicted molar refractivity (Wildman–Crippen MR) is 43.9 cm³/mol. The molecule has 0 saturated carbocycles. The topological polar surface area (TPSA) is 47.6 Å². The highest BCUT2D eigenvalue weighted by atomic mass is 16.5. The number of esters is 1. The van der Waals surface area contributed by atoms with Gasteiger partial charge in [-0.1, -0.05) is 0 Å². The van der Waals surface area contributed by atoms with Crippen molar-refractivity contribution in [1.82, 2.24) is 5.32 Å². The van der Waals surface area contributed by atoms with Gasteiger partial charge in [0.25, 0.3) is 0 Å². The molecule has 1 aliphatic rings. The van der Waals surface area contributed by atoms with Gasteiger partial charge in [0.05, 0.1) is 19.8 Å². The van der Waals surface area contributed by atoms with Gasteiger partial charge in [0, 0.05) is 13.2 Å². The zero-order chi connectivity index (χ0) is 8.81. The second-order valence-corrected chi connectivity index (χ2v) is 2.84. The van der Waals surface area contributed by atoms with E-state index in [-0.39, 0.29) is 18.6 Å². The van der Waals surface area contributed by atoms with Gasteiger partial charge in [-0.05, 0) is 12.8 Å². The lowest BCUT2D eigenvalue weighted by atomic mass is 10.2. The molecule has 1 atom stereocenters. The van der Waals surface area contributed by atoms with Gasteiger partial charge in [0.15, 0.2) is 0 Å². The summed E-state index contributed by atoms with van der Waals surface area (Å²) in [6.07, 6.45) is 2.51. The van der Waals surface area contributed by atoms with Crippen molar-refractivity contribution in [3.05, 3.63) is 0 Å². The van der Waals surface area contributed by atoms with Gasteiger partial charge >= 0.3 is 5.97 Å². The SMILES string of the molecule is COC(=O)CNC[C@@H]1CCCO1. The molecule has 4 nitrogen and oxygen atoms in total. The van der Waals surface area contributed by atoms with Crippen molar-refractivity contribution in [2.75, 3.05) is 26.8 Å². The molecule has 0 aliphatic carbocycles. The Hall–Kier alpha value is -0.610. The van der Waals surface area contributed by atoms with Crippen LogP contribution >= 0.6 is 0 Å². The van der Waals surface area contributed by atoms with E-state index in [4.69, 9.17) is 4.74 Å². The monoisotopic (exact) mass is 173 g/mol. The van der Waals surface area contributed by atoms with E-state index in [2.05, 4.69) is 10.1 Å². The molecule has 1 saturated heterocycles. The van der Waals surface area contributed by atoms with Gasteiger partial charge < -0.3 is 14.8 Å². The molecule has 0 aromatic rings. The lowest BCUT2D eigenvalue weighted by molar-refractivity contribution is -0.139. The number of carbonyl (C=O) groups excluding carboxylic acids is 1. The van der Waals surface area contributed by atoms with Gasteiger partial charge in [-0.2, -0.15) is 0 Å². The van der Waals surface area contributed by atoms with Crippen LogP contribution in [0.5, 0.6) is 0 Å². The third kappa shape index (κ3) is 3.19. The zero-order valence-corrected chi connectivity index (χ0v) is 7.34. The molecule has 1 fully saturated rings. The maximum atomic E-state index is 10.7. The summed E-state index contributed by atoms with van der Waals surface area (Å²) in [5.74, 6) is -0.229. The lowest BCUT2D eigenvalue weighted by Gasteiger charge is -2.09. The van der Waals surface area contributed by atoms with Crippen molar-refractivity contribution in [2.24, 2.45) is 0 Å². The van der Waals surface area contributed by atoms with Gasteiger partial charge in [0.1, 0.15) is 0 Å². The number of rotatable bonds is 4. The summed E-state index contributed by atoms with van der Waals surface area (Å²) >= 11 is 0. The summed E-state index contributed by atoms with van der Waals surface area (Å²) in [5.41, 5.74) is 0. The largest absolute Gasteiger partial charge is 0.468 e. The minimum atomic E-state index is -0.229. The third-order valence-corrected chi connectivity index (χ3v) is 1.89. The number of ether oxygens (including phenoxy) is 2. The maximum absolute atomic E-state index is 10.7. The van der Waals surface area contributed by atoms with E-state index in [1.807, 2.05) is 0 Å². The van der Waals surface area contributed by atoms with Crippen molar-refractivity contribution in [3.8, 4) is 0 Å². The standard InChI is InChI=1S/C8H15NO3/c1-11-8(10)6-9-5-7-3-2-4-12-7/h7,9H,2-6H2,1H3/t7-/m0/s1. The highest BCUT2D eigenvalue weighted by Gasteiger charge is 2.14. The molecule has 0 unspecified atom stereocenters. The van der Waals surface area contributed by atoms with Crippen molar-refractivity contribution >= 4 is 5.97 Å². The Labute approximate surface area is 72.2 Å². The van der Waals surface area contributed by atoms with E-state index in [9.17, 15) is 4.79 Å². The summed E-state index contributed by atoms with van der Waals surface area (Å²) < 4.78 is 9.83. The normalized spacial score (nSPS) is 22.6. The van der Waals surface area contributed by atoms with Crippen LogP contribution in [0.3, 0.4) is 0 Å². The molecular formula is C8H15NO3. The molecule has 0 spiro atoms. The Balaban J connectivity index is 1.97. The number of methoxy groups -OCH3 is 1. The quantitative estimate of drug-likeness (QED) is 0.604. The van der Waals surface area contributed by atoms with Gasteiger partial charge in [-0.3, -0.25) is 4.79 Å². The molecule has 0 aromatic carbocycles. The maximum Gasteiger partial charge on any atom is 0.319 e. The van der Waals surface area contributed by atoms with Crippen molar-refractivity contribution in [1.29, 1.82) is 0 Å². The van der Waals surface area contributed by atoms with Crippen LogP contribution < -0.4 is 5.32 Å². The Bertz CT molecular complexity index is 143. The van der Waals surface area contributed by atoms with Gasteiger partial charge in [-0.25, -0.2) is 0 Å². The Morgan fingerprint density at radius 1 is 1.75 bits per heavy atom. The van der Waals surface area contributed by atoms with E-state index in [0.29, 0.717) is 0 Å². The second kappa shape index (κ2) is 5.11. The molecule has 0 amide bonds. The lowest BCUT2D eigenvalue weighted by Crippen LogP contribution is -2.31. The fourth-order valence-corrected chi connectivity index (χ4v) is 1.21. The molecule has 4 heteroatoms. The average Bonchev–Trinajstić information content (AvgIpc) is 2.57. The molecule has 0 bridgehead atoms. The summed E-state index contributed by atoms with van der Waals surface area (Å²) in [5, 5.41) is 2.98. The van der Waals surface area contributed by atoms with Crippen LogP contribution in [0.15, 0.2) is 0 Å². The first kappa shape index (κ1) is 9.48. The van der Waals surface area contributed by atoms with E-state index in [1.54, 1.807) is 0 Å². The molecule has 70 valence electrons. The molecular weight excluding hydrogens is 158 g/mol. The summed E-state index contributed by atoms with van der Waals surface area (Å²) in [6.45, 7) is 1.87. The Morgan fingerprint density at radius 2 is 2.58 bits per heavy atom. The molecule has 1 rings (SSSR count). The second-order valence-electron chi connectivity index (χ2n) is 2.84. The van der Waals surface area contributed by atoms with Crippen LogP contribution in [0.25, 0.3) is 0 Å². The van der Waals surface area contributed by atoms with Crippen LogP contribution in [-0.4, -0.2) is 38.9 Å². The van der Waals surface area contributed by atoms with Crippen molar-refractivity contribution < 1.29 is 14.3 Å². The van der Waals surface area contributed by atoms with Gasteiger partial charge in [-0.15, -0.1) is 0 Å². The average molecular weight is 173 g/mol. The Kier molecular flexibility index (Phi) is 4.04. The molecule has 1 heterocycles.